The molecule has 112 valence electrons. The van der Waals surface area contributed by atoms with Crippen molar-refractivity contribution in [2.24, 2.45) is 0 Å². The Morgan fingerprint density at radius 2 is 1.95 bits per heavy atom. The molecule has 20 heavy (non-hydrogen) atoms. The summed E-state index contributed by atoms with van der Waals surface area (Å²) in [6, 6.07) is 3.62. The number of aliphatic hydroxyl groups is 1. The monoisotopic (exact) mass is 298 g/mol. The van der Waals surface area contributed by atoms with Gasteiger partial charge in [0.2, 0.25) is 0 Å². The van der Waals surface area contributed by atoms with Gasteiger partial charge in [0.15, 0.2) is 11.5 Å². The second kappa shape index (κ2) is 6.23. The molecule has 4 heteroatoms. The minimum absolute atomic E-state index is 0.000907. The van der Waals surface area contributed by atoms with Crippen LogP contribution >= 0.6 is 11.6 Å². The van der Waals surface area contributed by atoms with Gasteiger partial charge >= 0.3 is 0 Å². The van der Waals surface area contributed by atoms with E-state index in [1.807, 2.05) is 19.9 Å². The molecule has 1 aromatic carbocycles. The third kappa shape index (κ3) is 3.04. The summed E-state index contributed by atoms with van der Waals surface area (Å²) >= 11 is 6.36. The van der Waals surface area contributed by atoms with Crippen LogP contribution in [-0.2, 0) is 5.41 Å². The van der Waals surface area contributed by atoms with Crippen LogP contribution in [-0.4, -0.2) is 24.9 Å². The Hall–Kier alpha value is -0.930. The van der Waals surface area contributed by atoms with Crippen LogP contribution in [0.25, 0.3) is 0 Å². The second-order valence-corrected chi connectivity index (χ2v) is 6.43. The predicted molar refractivity (Wildman–Crippen MR) is 81.0 cm³/mol. The molecule has 2 rings (SSSR count). The lowest BCUT2D eigenvalue weighted by molar-refractivity contribution is 0.182. The first-order valence-corrected chi connectivity index (χ1v) is 7.52. The van der Waals surface area contributed by atoms with Crippen LogP contribution in [0.2, 0.25) is 5.02 Å². The van der Waals surface area contributed by atoms with E-state index in [1.54, 1.807) is 13.2 Å². The molecular weight excluding hydrogens is 276 g/mol. The van der Waals surface area contributed by atoms with Crippen molar-refractivity contribution in [2.45, 2.75) is 51.0 Å². The van der Waals surface area contributed by atoms with Crippen molar-refractivity contribution in [3.63, 3.8) is 0 Å². The molecule has 1 fully saturated rings. The lowest BCUT2D eigenvalue weighted by Gasteiger charge is -2.29. The maximum Gasteiger partial charge on any atom is 0.166 e. The Bertz CT molecular complexity index is 465. The van der Waals surface area contributed by atoms with E-state index < -0.39 is 5.41 Å². The van der Waals surface area contributed by atoms with Crippen molar-refractivity contribution < 1.29 is 14.6 Å². The summed E-state index contributed by atoms with van der Waals surface area (Å²) in [5.41, 5.74) is 0.354. The third-order valence-electron chi connectivity index (χ3n) is 3.95. The van der Waals surface area contributed by atoms with Crippen LogP contribution in [0.1, 0.15) is 45.1 Å². The van der Waals surface area contributed by atoms with E-state index in [1.165, 1.54) is 12.8 Å². The van der Waals surface area contributed by atoms with E-state index in [-0.39, 0.29) is 12.7 Å². The highest BCUT2D eigenvalue weighted by molar-refractivity contribution is 6.31. The van der Waals surface area contributed by atoms with Crippen LogP contribution in [0.4, 0.5) is 0 Å². The van der Waals surface area contributed by atoms with E-state index in [2.05, 4.69) is 0 Å². The van der Waals surface area contributed by atoms with E-state index >= 15 is 0 Å². The highest BCUT2D eigenvalue weighted by Crippen LogP contribution is 2.44. The summed E-state index contributed by atoms with van der Waals surface area (Å²) < 4.78 is 11.6. The first kappa shape index (κ1) is 15.5. The molecule has 0 unspecified atom stereocenters. The number of ether oxygens (including phenoxy) is 2. The molecule has 0 amide bonds. The Morgan fingerprint density at radius 3 is 2.50 bits per heavy atom. The summed E-state index contributed by atoms with van der Waals surface area (Å²) in [4.78, 5) is 0. The minimum atomic E-state index is -0.473. The average molecular weight is 299 g/mol. The molecule has 0 atom stereocenters. The predicted octanol–water partition coefficient (Wildman–Crippen LogP) is 3.94. The topological polar surface area (TPSA) is 38.7 Å². The van der Waals surface area contributed by atoms with Gasteiger partial charge in [0.25, 0.3) is 0 Å². The Balaban J connectivity index is 2.46. The summed E-state index contributed by atoms with van der Waals surface area (Å²) in [6.45, 7) is 3.91. The highest BCUT2D eigenvalue weighted by Gasteiger charge is 2.31. The largest absolute Gasteiger partial charge is 0.493 e. The molecular formula is C16H23ClO3. The molecule has 1 saturated carbocycles. The summed E-state index contributed by atoms with van der Waals surface area (Å²) in [5.74, 6) is 1.36. The normalized spacial score (nSPS) is 16.4. The van der Waals surface area contributed by atoms with Gasteiger partial charge in [0, 0.05) is 16.0 Å². The summed E-state index contributed by atoms with van der Waals surface area (Å²) in [7, 11) is 1.63. The van der Waals surface area contributed by atoms with Crippen LogP contribution in [0.15, 0.2) is 12.1 Å². The van der Waals surface area contributed by atoms with E-state index in [4.69, 9.17) is 21.1 Å². The molecule has 0 radical (unpaired) electrons. The molecule has 0 saturated heterocycles. The second-order valence-electron chi connectivity index (χ2n) is 6.02. The molecule has 1 aliphatic rings. The molecule has 1 aliphatic carbocycles. The highest BCUT2D eigenvalue weighted by atomic mass is 35.5. The van der Waals surface area contributed by atoms with Gasteiger partial charge in [-0.15, -0.1) is 0 Å². The molecule has 3 nitrogen and oxygen atoms in total. The molecule has 0 aromatic heterocycles. The molecule has 0 aliphatic heterocycles. The van der Waals surface area contributed by atoms with Gasteiger partial charge in [-0.25, -0.2) is 0 Å². The van der Waals surface area contributed by atoms with Crippen molar-refractivity contribution in [1.82, 2.24) is 0 Å². The number of methoxy groups -OCH3 is 1. The van der Waals surface area contributed by atoms with E-state index in [0.717, 1.165) is 18.4 Å². The maximum atomic E-state index is 9.67. The fraction of sp³-hybridized carbons (Fsp3) is 0.625. The lowest BCUT2D eigenvalue weighted by Crippen LogP contribution is -2.25. The number of benzene rings is 1. The van der Waals surface area contributed by atoms with Crippen molar-refractivity contribution in [3.05, 3.63) is 22.7 Å². The quantitative estimate of drug-likeness (QED) is 0.895. The van der Waals surface area contributed by atoms with Gasteiger partial charge in [0.1, 0.15) is 0 Å². The van der Waals surface area contributed by atoms with Gasteiger partial charge in [-0.2, -0.15) is 0 Å². The third-order valence-corrected chi connectivity index (χ3v) is 4.26. The van der Waals surface area contributed by atoms with Gasteiger partial charge < -0.3 is 14.6 Å². The fourth-order valence-corrected chi connectivity index (χ4v) is 3.10. The number of aliphatic hydroxyl groups excluding tert-OH is 1. The standard InChI is InChI=1S/C16H23ClO3/c1-16(2,10-18)14-12(17)8-9-13(19-3)15(14)20-11-6-4-5-7-11/h8-9,11,18H,4-7,10H2,1-3H3. The smallest absolute Gasteiger partial charge is 0.166 e. The van der Waals surface area contributed by atoms with Gasteiger partial charge in [-0.05, 0) is 37.8 Å². The number of rotatable bonds is 5. The number of hydrogen-bond acceptors (Lipinski definition) is 3. The zero-order valence-electron chi connectivity index (χ0n) is 12.4. The van der Waals surface area contributed by atoms with Crippen LogP contribution in [0.5, 0.6) is 11.5 Å². The van der Waals surface area contributed by atoms with Gasteiger partial charge in [0.05, 0.1) is 19.8 Å². The fourth-order valence-electron chi connectivity index (χ4n) is 2.70. The minimum Gasteiger partial charge on any atom is -0.493 e. The lowest BCUT2D eigenvalue weighted by atomic mass is 9.84. The van der Waals surface area contributed by atoms with Crippen molar-refractivity contribution in [1.29, 1.82) is 0 Å². The van der Waals surface area contributed by atoms with Crippen LogP contribution in [0.3, 0.4) is 0 Å². The van der Waals surface area contributed by atoms with Crippen LogP contribution in [0, 0.1) is 0 Å². The maximum absolute atomic E-state index is 9.67. The summed E-state index contributed by atoms with van der Waals surface area (Å²) in [6.07, 6.45) is 4.75. The van der Waals surface area contributed by atoms with Crippen molar-refractivity contribution >= 4 is 11.6 Å². The van der Waals surface area contributed by atoms with Gasteiger partial charge in [-0.3, -0.25) is 0 Å². The zero-order chi connectivity index (χ0) is 14.8. The Labute approximate surface area is 125 Å². The van der Waals surface area contributed by atoms with Gasteiger partial charge in [-0.1, -0.05) is 25.4 Å². The first-order chi connectivity index (χ1) is 9.49. The molecule has 0 bridgehead atoms. The first-order valence-electron chi connectivity index (χ1n) is 7.14. The number of hydrogen-bond donors (Lipinski definition) is 1. The van der Waals surface area contributed by atoms with Crippen LogP contribution < -0.4 is 9.47 Å². The molecule has 0 spiro atoms. The Kier molecular flexibility index (Phi) is 4.82. The number of halogens is 1. The summed E-state index contributed by atoms with van der Waals surface area (Å²) in [5, 5.41) is 10.3. The van der Waals surface area contributed by atoms with Crippen molar-refractivity contribution in [3.8, 4) is 11.5 Å². The Morgan fingerprint density at radius 1 is 1.30 bits per heavy atom. The van der Waals surface area contributed by atoms with Crippen molar-refractivity contribution in [2.75, 3.05) is 13.7 Å². The SMILES string of the molecule is COc1ccc(Cl)c(C(C)(C)CO)c1OC1CCCC1. The van der Waals surface area contributed by atoms with E-state index in [0.29, 0.717) is 16.5 Å². The zero-order valence-corrected chi connectivity index (χ0v) is 13.2. The molecule has 1 aromatic rings. The molecule has 0 heterocycles. The molecule has 1 N–H and O–H groups in total. The van der Waals surface area contributed by atoms with E-state index in [9.17, 15) is 5.11 Å². The average Bonchev–Trinajstić information content (AvgIpc) is 2.92.